The van der Waals surface area contributed by atoms with E-state index in [1.165, 1.54) is 4.90 Å². The molecule has 0 radical (unpaired) electrons. The van der Waals surface area contributed by atoms with Gasteiger partial charge in [-0.05, 0) is 0 Å². The summed E-state index contributed by atoms with van der Waals surface area (Å²) >= 11 is 0. The molecule has 17 heavy (non-hydrogen) atoms. The number of nitrogens with one attached hydrogen (secondary N) is 2. The first-order chi connectivity index (χ1) is 7.99. The number of nitrogen functional groups attached to an aromatic ring is 2. The van der Waals surface area contributed by atoms with Crippen molar-refractivity contribution in [3.05, 3.63) is 6.07 Å². The predicted octanol–water partition coefficient (Wildman–Crippen LogP) is -0.676. The molecule has 0 aliphatic heterocycles. The zero-order valence-corrected chi connectivity index (χ0v) is 9.90. The number of anilines is 3. The van der Waals surface area contributed by atoms with E-state index < -0.39 is 0 Å². The Hall–Kier alpha value is -2.25. The van der Waals surface area contributed by atoms with Crippen molar-refractivity contribution < 1.29 is 4.79 Å². The number of amides is 2. The molecule has 94 valence electrons. The number of urea groups is 1. The van der Waals surface area contributed by atoms with Gasteiger partial charge in [0.1, 0.15) is 11.6 Å². The van der Waals surface area contributed by atoms with Crippen molar-refractivity contribution in [2.75, 3.05) is 44.0 Å². The van der Waals surface area contributed by atoms with Crippen LogP contribution < -0.4 is 22.1 Å². The van der Waals surface area contributed by atoms with Gasteiger partial charge in [-0.2, -0.15) is 9.97 Å². The van der Waals surface area contributed by atoms with E-state index in [1.54, 1.807) is 20.2 Å². The Morgan fingerprint density at radius 3 is 2.65 bits per heavy atom. The Labute approximate surface area is 99.4 Å². The monoisotopic (exact) mass is 239 g/mol. The summed E-state index contributed by atoms with van der Waals surface area (Å²) in [5.41, 5.74) is 10.9. The van der Waals surface area contributed by atoms with Crippen molar-refractivity contribution >= 4 is 23.6 Å². The highest BCUT2D eigenvalue weighted by Gasteiger charge is 2.02. The van der Waals surface area contributed by atoms with Crippen molar-refractivity contribution in [1.29, 1.82) is 0 Å². The molecule has 0 atom stereocenters. The molecule has 0 fully saturated rings. The van der Waals surface area contributed by atoms with Crippen molar-refractivity contribution in [3.8, 4) is 0 Å². The maximum Gasteiger partial charge on any atom is 0.316 e. The standard InChI is InChI=1S/C9H17N7O/c1-16(2)9(17)13-4-3-12-7-5-6(10)14-8(11)15-7/h5H,3-4H2,1-2H3,(H,13,17)(H5,10,11,12,14,15). The van der Waals surface area contributed by atoms with Gasteiger partial charge in [0.15, 0.2) is 0 Å². The molecule has 0 aromatic carbocycles. The summed E-state index contributed by atoms with van der Waals surface area (Å²) in [5.74, 6) is 0.955. The maximum atomic E-state index is 11.2. The van der Waals surface area contributed by atoms with Gasteiger partial charge in [-0.1, -0.05) is 0 Å². The van der Waals surface area contributed by atoms with Crippen molar-refractivity contribution in [1.82, 2.24) is 20.2 Å². The Morgan fingerprint density at radius 2 is 2.06 bits per heavy atom. The molecule has 1 aromatic rings. The van der Waals surface area contributed by atoms with Gasteiger partial charge < -0.3 is 27.0 Å². The van der Waals surface area contributed by atoms with E-state index in [-0.39, 0.29) is 12.0 Å². The minimum atomic E-state index is -0.145. The maximum absolute atomic E-state index is 11.2. The molecular weight excluding hydrogens is 222 g/mol. The van der Waals surface area contributed by atoms with Crippen molar-refractivity contribution in [2.24, 2.45) is 0 Å². The molecule has 0 bridgehead atoms. The lowest BCUT2D eigenvalue weighted by atomic mass is 10.5. The molecule has 1 heterocycles. The normalized spacial score (nSPS) is 9.76. The number of nitrogens with zero attached hydrogens (tertiary/aromatic N) is 3. The van der Waals surface area contributed by atoms with Crippen LogP contribution in [-0.2, 0) is 0 Å². The number of hydrogen-bond donors (Lipinski definition) is 4. The first-order valence-electron chi connectivity index (χ1n) is 5.08. The molecule has 0 unspecified atom stereocenters. The molecule has 2 amide bonds. The second kappa shape index (κ2) is 5.73. The molecule has 8 nitrogen and oxygen atoms in total. The Balaban J connectivity index is 2.33. The van der Waals surface area contributed by atoms with Crippen LogP contribution in [0.4, 0.5) is 22.4 Å². The molecule has 0 aliphatic carbocycles. The van der Waals surface area contributed by atoms with Crippen LogP contribution in [0.1, 0.15) is 0 Å². The van der Waals surface area contributed by atoms with Crippen LogP contribution in [0.5, 0.6) is 0 Å². The Kier molecular flexibility index (Phi) is 4.32. The van der Waals surface area contributed by atoms with Crippen LogP contribution in [0.3, 0.4) is 0 Å². The summed E-state index contributed by atoms with van der Waals surface area (Å²) in [4.78, 5) is 20.3. The molecule has 0 aliphatic rings. The summed E-state index contributed by atoms with van der Waals surface area (Å²) < 4.78 is 0. The lowest BCUT2D eigenvalue weighted by Gasteiger charge is -2.12. The fraction of sp³-hybridized carbons (Fsp3) is 0.444. The van der Waals surface area contributed by atoms with Gasteiger partial charge in [-0.15, -0.1) is 0 Å². The fourth-order valence-corrected chi connectivity index (χ4v) is 1.09. The molecule has 6 N–H and O–H groups in total. The van der Waals surface area contributed by atoms with Crippen LogP contribution in [0, 0.1) is 0 Å². The Morgan fingerprint density at radius 1 is 1.35 bits per heavy atom. The number of hydrogen-bond acceptors (Lipinski definition) is 6. The van der Waals surface area contributed by atoms with E-state index >= 15 is 0 Å². The van der Waals surface area contributed by atoms with Crippen molar-refractivity contribution in [2.45, 2.75) is 0 Å². The fourth-order valence-electron chi connectivity index (χ4n) is 1.09. The molecule has 0 saturated carbocycles. The number of carbonyl (C=O) groups is 1. The third kappa shape index (κ3) is 4.41. The van der Waals surface area contributed by atoms with Gasteiger partial charge in [0.25, 0.3) is 0 Å². The van der Waals surface area contributed by atoms with Gasteiger partial charge in [-0.3, -0.25) is 0 Å². The zero-order valence-electron chi connectivity index (χ0n) is 9.90. The number of rotatable bonds is 4. The molecule has 0 spiro atoms. The summed E-state index contributed by atoms with van der Waals surface area (Å²) in [6, 6.07) is 1.43. The largest absolute Gasteiger partial charge is 0.383 e. The average Bonchev–Trinajstić information content (AvgIpc) is 2.22. The summed E-state index contributed by atoms with van der Waals surface area (Å²) in [6.45, 7) is 0.996. The second-order valence-corrected chi connectivity index (χ2v) is 3.59. The SMILES string of the molecule is CN(C)C(=O)NCCNc1cc(N)nc(N)n1. The molecule has 1 rings (SSSR count). The third-order valence-corrected chi connectivity index (χ3v) is 1.88. The van der Waals surface area contributed by atoms with Crippen LogP contribution in [0.2, 0.25) is 0 Å². The quantitative estimate of drug-likeness (QED) is 0.516. The predicted molar refractivity (Wildman–Crippen MR) is 66.4 cm³/mol. The van der Waals surface area contributed by atoms with Crippen LogP contribution >= 0.6 is 0 Å². The van der Waals surface area contributed by atoms with E-state index in [4.69, 9.17) is 11.5 Å². The number of carbonyl (C=O) groups excluding carboxylic acids is 1. The van der Waals surface area contributed by atoms with E-state index in [9.17, 15) is 4.79 Å². The average molecular weight is 239 g/mol. The van der Waals surface area contributed by atoms with Crippen LogP contribution in [0.15, 0.2) is 6.07 Å². The van der Waals surface area contributed by atoms with Gasteiger partial charge in [0.2, 0.25) is 5.95 Å². The highest BCUT2D eigenvalue weighted by Crippen LogP contribution is 2.08. The van der Waals surface area contributed by atoms with Crippen LogP contribution in [-0.4, -0.2) is 48.1 Å². The van der Waals surface area contributed by atoms with Gasteiger partial charge in [0, 0.05) is 33.3 Å². The first kappa shape index (κ1) is 12.8. The van der Waals surface area contributed by atoms with Gasteiger partial charge in [0.05, 0.1) is 0 Å². The minimum absolute atomic E-state index is 0.116. The topological polar surface area (TPSA) is 122 Å². The highest BCUT2D eigenvalue weighted by molar-refractivity contribution is 5.73. The highest BCUT2D eigenvalue weighted by atomic mass is 16.2. The van der Waals surface area contributed by atoms with Gasteiger partial charge in [-0.25, -0.2) is 4.79 Å². The summed E-state index contributed by atoms with van der Waals surface area (Å²) in [6.07, 6.45) is 0. The van der Waals surface area contributed by atoms with E-state index in [0.29, 0.717) is 24.7 Å². The zero-order chi connectivity index (χ0) is 12.8. The van der Waals surface area contributed by atoms with Crippen molar-refractivity contribution in [3.63, 3.8) is 0 Å². The van der Waals surface area contributed by atoms with E-state index in [0.717, 1.165) is 0 Å². The molecule has 8 heteroatoms. The molecule has 0 saturated heterocycles. The smallest absolute Gasteiger partial charge is 0.316 e. The molecular formula is C9H17N7O. The lowest BCUT2D eigenvalue weighted by Crippen LogP contribution is -2.37. The van der Waals surface area contributed by atoms with E-state index in [1.807, 2.05) is 0 Å². The lowest BCUT2D eigenvalue weighted by molar-refractivity contribution is 0.218. The first-order valence-corrected chi connectivity index (χ1v) is 5.08. The minimum Gasteiger partial charge on any atom is -0.383 e. The van der Waals surface area contributed by atoms with Gasteiger partial charge >= 0.3 is 6.03 Å². The number of nitrogens with two attached hydrogens (primary N) is 2. The Bertz CT molecular complexity index is 373. The summed E-state index contributed by atoms with van der Waals surface area (Å²) in [5, 5.41) is 5.68. The third-order valence-electron chi connectivity index (χ3n) is 1.88. The van der Waals surface area contributed by atoms with E-state index in [2.05, 4.69) is 20.6 Å². The number of aromatic nitrogens is 2. The summed E-state index contributed by atoms with van der Waals surface area (Å²) in [7, 11) is 3.35. The van der Waals surface area contributed by atoms with Crippen LogP contribution in [0.25, 0.3) is 0 Å². The molecule has 1 aromatic heterocycles. The second-order valence-electron chi connectivity index (χ2n) is 3.59.